The highest BCUT2D eigenvalue weighted by molar-refractivity contribution is 5.84. The molecule has 3 N–H and O–H groups in total. The number of carbonyl (C=O) groups is 2. The number of hydrogen-bond acceptors (Lipinski definition) is 5. The summed E-state index contributed by atoms with van der Waals surface area (Å²) in [7, 11) is 1.35. The van der Waals surface area contributed by atoms with Crippen LogP contribution in [0.15, 0.2) is 0 Å². The maximum atomic E-state index is 11.4. The molecule has 2 atom stereocenters. The molecule has 0 aliphatic rings. The Balaban J connectivity index is 3.52. The molecule has 0 heterocycles. The van der Waals surface area contributed by atoms with Crippen molar-refractivity contribution in [3.8, 4) is 0 Å². The van der Waals surface area contributed by atoms with Crippen molar-refractivity contribution in [1.82, 2.24) is 0 Å². The SMILES string of the molecule is COC(=O)CCCCCC(=O)C(N)C(C)O. The lowest BCUT2D eigenvalue weighted by Crippen LogP contribution is -2.40. The topological polar surface area (TPSA) is 89.6 Å². The van der Waals surface area contributed by atoms with Gasteiger partial charge in [-0.25, -0.2) is 0 Å². The highest BCUT2D eigenvalue weighted by Crippen LogP contribution is 2.06. The number of ether oxygens (including phenoxy) is 1. The minimum atomic E-state index is -0.803. The van der Waals surface area contributed by atoms with E-state index < -0.39 is 12.1 Å². The number of hydrogen-bond donors (Lipinski definition) is 2. The lowest BCUT2D eigenvalue weighted by molar-refractivity contribution is -0.140. The standard InChI is InChI=1S/C11H21NO4/c1-8(13)11(12)9(14)6-4-3-5-7-10(15)16-2/h8,11,13H,3-7,12H2,1-2H3. The highest BCUT2D eigenvalue weighted by atomic mass is 16.5. The first-order chi connectivity index (χ1) is 7.49. The zero-order chi connectivity index (χ0) is 12.6. The Morgan fingerprint density at radius 1 is 1.25 bits per heavy atom. The summed E-state index contributed by atoms with van der Waals surface area (Å²) in [6.07, 6.45) is 2.12. The molecule has 2 unspecified atom stereocenters. The van der Waals surface area contributed by atoms with Crippen LogP contribution in [0.3, 0.4) is 0 Å². The summed E-state index contributed by atoms with van der Waals surface area (Å²) in [5, 5.41) is 9.09. The largest absolute Gasteiger partial charge is 0.469 e. The van der Waals surface area contributed by atoms with Crippen LogP contribution in [0.5, 0.6) is 0 Å². The first-order valence-corrected chi connectivity index (χ1v) is 5.52. The second-order valence-corrected chi connectivity index (χ2v) is 3.87. The monoisotopic (exact) mass is 231 g/mol. The molecular weight excluding hydrogens is 210 g/mol. The Labute approximate surface area is 96.0 Å². The molecule has 5 nitrogen and oxygen atoms in total. The van der Waals surface area contributed by atoms with Crippen LogP contribution in [-0.2, 0) is 14.3 Å². The maximum absolute atomic E-state index is 11.4. The van der Waals surface area contributed by atoms with Crippen molar-refractivity contribution in [3.05, 3.63) is 0 Å². The normalized spacial score (nSPS) is 14.2. The molecule has 0 saturated heterocycles. The van der Waals surface area contributed by atoms with Crippen LogP contribution < -0.4 is 5.73 Å². The molecule has 0 saturated carbocycles. The number of esters is 1. The van der Waals surface area contributed by atoms with E-state index in [0.29, 0.717) is 25.7 Å². The van der Waals surface area contributed by atoms with Gasteiger partial charge in [-0.15, -0.1) is 0 Å². The fraction of sp³-hybridized carbons (Fsp3) is 0.818. The van der Waals surface area contributed by atoms with Gasteiger partial charge in [-0.05, 0) is 19.8 Å². The Morgan fingerprint density at radius 2 is 1.81 bits per heavy atom. The molecule has 0 fully saturated rings. The van der Waals surface area contributed by atoms with Gasteiger partial charge in [0, 0.05) is 12.8 Å². The predicted octanol–water partition coefficient (Wildman–Crippen LogP) is 0.387. The summed E-state index contributed by atoms with van der Waals surface area (Å²) in [5.74, 6) is -0.361. The molecule has 94 valence electrons. The second-order valence-electron chi connectivity index (χ2n) is 3.87. The van der Waals surface area contributed by atoms with E-state index in [4.69, 9.17) is 10.8 Å². The van der Waals surface area contributed by atoms with Gasteiger partial charge in [-0.2, -0.15) is 0 Å². The van der Waals surface area contributed by atoms with Gasteiger partial charge in [0.05, 0.1) is 19.3 Å². The Kier molecular flexibility index (Phi) is 7.76. The van der Waals surface area contributed by atoms with Crippen LogP contribution in [0, 0.1) is 0 Å². The smallest absolute Gasteiger partial charge is 0.305 e. The number of aliphatic hydroxyl groups is 1. The summed E-state index contributed by atoms with van der Waals surface area (Å²) in [6.45, 7) is 1.50. The lowest BCUT2D eigenvalue weighted by atomic mass is 10.0. The molecule has 16 heavy (non-hydrogen) atoms. The molecule has 0 aliphatic heterocycles. The van der Waals surface area contributed by atoms with Crippen molar-refractivity contribution >= 4 is 11.8 Å². The molecule has 5 heteroatoms. The number of methoxy groups -OCH3 is 1. The van der Waals surface area contributed by atoms with Gasteiger partial charge in [-0.3, -0.25) is 9.59 Å². The number of unbranched alkanes of at least 4 members (excludes halogenated alkanes) is 2. The number of nitrogens with two attached hydrogens (primary N) is 1. The van der Waals surface area contributed by atoms with Crippen molar-refractivity contribution in [2.75, 3.05) is 7.11 Å². The summed E-state index contributed by atoms with van der Waals surface area (Å²) in [6, 6.07) is -0.791. The van der Waals surface area contributed by atoms with Crippen molar-refractivity contribution in [1.29, 1.82) is 0 Å². The van der Waals surface area contributed by atoms with E-state index >= 15 is 0 Å². The third kappa shape index (κ3) is 6.53. The van der Waals surface area contributed by atoms with E-state index in [2.05, 4.69) is 4.74 Å². The fourth-order valence-electron chi connectivity index (χ4n) is 1.28. The first kappa shape index (κ1) is 15.1. The number of rotatable bonds is 8. The fourth-order valence-corrected chi connectivity index (χ4v) is 1.28. The zero-order valence-electron chi connectivity index (χ0n) is 9.94. The lowest BCUT2D eigenvalue weighted by Gasteiger charge is -2.12. The third-order valence-electron chi connectivity index (χ3n) is 2.42. The molecule has 0 aromatic heterocycles. The molecule has 0 radical (unpaired) electrons. The Hall–Kier alpha value is -0.940. The average molecular weight is 231 g/mol. The van der Waals surface area contributed by atoms with Gasteiger partial charge < -0.3 is 15.6 Å². The van der Waals surface area contributed by atoms with Crippen LogP contribution in [-0.4, -0.2) is 36.1 Å². The molecule has 0 rings (SSSR count). The molecule has 0 amide bonds. The highest BCUT2D eigenvalue weighted by Gasteiger charge is 2.17. The summed E-state index contributed by atoms with van der Waals surface area (Å²) in [4.78, 5) is 22.1. The van der Waals surface area contributed by atoms with Gasteiger partial charge in [0.2, 0.25) is 0 Å². The zero-order valence-corrected chi connectivity index (χ0v) is 9.94. The van der Waals surface area contributed by atoms with E-state index in [9.17, 15) is 9.59 Å². The minimum absolute atomic E-state index is 0.131. The van der Waals surface area contributed by atoms with Crippen molar-refractivity contribution < 1.29 is 19.4 Å². The van der Waals surface area contributed by atoms with E-state index in [-0.39, 0.29) is 11.8 Å². The minimum Gasteiger partial charge on any atom is -0.469 e. The maximum Gasteiger partial charge on any atom is 0.305 e. The number of aliphatic hydroxyl groups excluding tert-OH is 1. The number of Topliss-reactive ketones (excluding diaryl/α,β-unsaturated/α-hetero) is 1. The predicted molar refractivity (Wildman–Crippen MR) is 59.8 cm³/mol. The third-order valence-corrected chi connectivity index (χ3v) is 2.42. The summed E-state index contributed by atoms with van der Waals surface area (Å²) in [5.41, 5.74) is 5.47. The number of carbonyl (C=O) groups excluding carboxylic acids is 2. The van der Waals surface area contributed by atoms with Crippen molar-refractivity contribution in [3.63, 3.8) is 0 Å². The average Bonchev–Trinajstić information content (AvgIpc) is 2.26. The molecule has 0 bridgehead atoms. The van der Waals surface area contributed by atoms with Crippen molar-refractivity contribution in [2.24, 2.45) is 5.73 Å². The van der Waals surface area contributed by atoms with Crippen molar-refractivity contribution in [2.45, 2.75) is 51.2 Å². The van der Waals surface area contributed by atoms with Crippen LogP contribution in [0.2, 0.25) is 0 Å². The van der Waals surface area contributed by atoms with Crippen LogP contribution >= 0.6 is 0 Å². The van der Waals surface area contributed by atoms with E-state index in [1.807, 2.05) is 0 Å². The molecular formula is C11H21NO4. The number of ketones is 1. The quantitative estimate of drug-likeness (QED) is 0.466. The van der Waals surface area contributed by atoms with E-state index in [1.165, 1.54) is 14.0 Å². The van der Waals surface area contributed by atoms with Gasteiger partial charge >= 0.3 is 5.97 Å². The van der Waals surface area contributed by atoms with E-state index in [1.54, 1.807) is 0 Å². The van der Waals surface area contributed by atoms with Crippen LogP contribution in [0.1, 0.15) is 39.0 Å². The molecule has 0 spiro atoms. The molecule has 0 aliphatic carbocycles. The van der Waals surface area contributed by atoms with E-state index in [0.717, 1.165) is 6.42 Å². The molecule has 0 aromatic rings. The summed E-state index contributed by atoms with van der Waals surface area (Å²) >= 11 is 0. The molecule has 0 aromatic carbocycles. The Morgan fingerprint density at radius 3 is 2.31 bits per heavy atom. The first-order valence-electron chi connectivity index (χ1n) is 5.52. The second kappa shape index (κ2) is 8.24. The van der Waals surface area contributed by atoms with Gasteiger partial charge in [0.15, 0.2) is 5.78 Å². The van der Waals surface area contributed by atoms with Crippen LogP contribution in [0.4, 0.5) is 0 Å². The van der Waals surface area contributed by atoms with Gasteiger partial charge in [-0.1, -0.05) is 6.42 Å². The summed E-state index contributed by atoms with van der Waals surface area (Å²) < 4.78 is 4.49. The Bertz CT molecular complexity index is 228. The van der Waals surface area contributed by atoms with Crippen LogP contribution in [0.25, 0.3) is 0 Å². The van der Waals surface area contributed by atoms with Gasteiger partial charge in [0.25, 0.3) is 0 Å². The van der Waals surface area contributed by atoms with Gasteiger partial charge in [0.1, 0.15) is 0 Å².